The Morgan fingerprint density at radius 1 is 1.52 bits per heavy atom. The number of aromatic nitrogens is 1. The SMILES string of the molecule is COC(=O)C1=C(CCC2CC2)NC(C)=C(C#N)C1c1ccncc1Br. The van der Waals surface area contributed by atoms with Crippen molar-refractivity contribution in [2.75, 3.05) is 7.11 Å². The second-order valence-electron chi connectivity index (χ2n) is 6.47. The van der Waals surface area contributed by atoms with Crippen molar-refractivity contribution < 1.29 is 9.53 Å². The average molecular weight is 402 g/mol. The van der Waals surface area contributed by atoms with Gasteiger partial charge >= 0.3 is 5.97 Å². The fourth-order valence-electron chi connectivity index (χ4n) is 3.28. The van der Waals surface area contributed by atoms with Crippen molar-refractivity contribution in [3.63, 3.8) is 0 Å². The maximum absolute atomic E-state index is 12.6. The van der Waals surface area contributed by atoms with Crippen LogP contribution in [0.2, 0.25) is 0 Å². The summed E-state index contributed by atoms with van der Waals surface area (Å²) in [5.74, 6) is -0.0986. The van der Waals surface area contributed by atoms with Crippen LogP contribution in [-0.4, -0.2) is 18.1 Å². The van der Waals surface area contributed by atoms with Gasteiger partial charge in [-0.15, -0.1) is 0 Å². The lowest BCUT2D eigenvalue weighted by Gasteiger charge is -2.30. The number of hydrogen-bond acceptors (Lipinski definition) is 5. The zero-order valence-electron chi connectivity index (χ0n) is 14.3. The molecule has 1 aliphatic carbocycles. The summed E-state index contributed by atoms with van der Waals surface area (Å²) in [6, 6.07) is 4.11. The van der Waals surface area contributed by atoms with Gasteiger partial charge in [0.15, 0.2) is 0 Å². The van der Waals surface area contributed by atoms with Gasteiger partial charge in [-0.1, -0.05) is 12.8 Å². The summed E-state index contributed by atoms with van der Waals surface area (Å²) in [5, 5.41) is 13.0. The lowest BCUT2D eigenvalue weighted by Crippen LogP contribution is -2.29. The van der Waals surface area contributed by atoms with Gasteiger partial charge < -0.3 is 10.1 Å². The Hall–Kier alpha value is -2.13. The van der Waals surface area contributed by atoms with Crippen molar-refractivity contribution in [3.05, 3.63) is 51.0 Å². The van der Waals surface area contributed by atoms with E-state index in [1.54, 1.807) is 12.4 Å². The molecule has 1 saturated carbocycles. The Morgan fingerprint density at radius 3 is 2.88 bits per heavy atom. The van der Waals surface area contributed by atoms with Gasteiger partial charge in [-0.3, -0.25) is 4.98 Å². The van der Waals surface area contributed by atoms with E-state index in [2.05, 4.69) is 32.3 Å². The molecule has 130 valence electrons. The number of ether oxygens (including phenoxy) is 1. The van der Waals surface area contributed by atoms with Gasteiger partial charge in [0.2, 0.25) is 0 Å². The van der Waals surface area contributed by atoms with E-state index >= 15 is 0 Å². The molecule has 1 unspecified atom stereocenters. The third-order valence-corrected chi connectivity index (χ3v) is 5.45. The number of carbonyl (C=O) groups excluding carboxylic acids is 1. The highest BCUT2D eigenvalue weighted by atomic mass is 79.9. The molecular weight excluding hydrogens is 382 g/mol. The summed E-state index contributed by atoms with van der Waals surface area (Å²) in [7, 11) is 1.38. The smallest absolute Gasteiger partial charge is 0.336 e. The predicted molar refractivity (Wildman–Crippen MR) is 97.1 cm³/mol. The van der Waals surface area contributed by atoms with Crippen LogP contribution >= 0.6 is 15.9 Å². The summed E-state index contributed by atoms with van der Waals surface area (Å²) in [4.78, 5) is 16.7. The normalized spacial score (nSPS) is 20.2. The van der Waals surface area contributed by atoms with Crippen LogP contribution in [0, 0.1) is 17.2 Å². The van der Waals surface area contributed by atoms with Crippen LogP contribution in [-0.2, 0) is 9.53 Å². The molecule has 25 heavy (non-hydrogen) atoms. The quantitative estimate of drug-likeness (QED) is 0.755. The van der Waals surface area contributed by atoms with Crippen LogP contribution in [0.25, 0.3) is 0 Å². The van der Waals surface area contributed by atoms with Gasteiger partial charge in [-0.05, 0) is 53.2 Å². The highest BCUT2D eigenvalue weighted by Gasteiger charge is 2.36. The van der Waals surface area contributed by atoms with Crippen LogP contribution in [0.3, 0.4) is 0 Å². The van der Waals surface area contributed by atoms with Crippen molar-refractivity contribution in [3.8, 4) is 6.07 Å². The summed E-state index contributed by atoms with van der Waals surface area (Å²) >= 11 is 3.51. The summed E-state index contributed by atoms with van der Waals surface area (Å²) in [6.07, 6.45) is 7.70. The van der Waals surface area contributed by atoms with Crippen LogP contribution in [0.5, 0.6) is 0 Å². The number of rotatable bonds is 5. The molecule has 0 radical (unpaired) electrons. The molecule has 1 atom stereocenters. The van der Waals surface area contributed by atoms with Crippen LogP contribution in [0.4, 0.5) is 0 Å². The molecule has 0 aromatic carbocycles. The first-order valence-electron chi connectivity index (χ1n) is 8.35. The van der Waals surface area contributed by atoms with E-state index in [1.165, 1.54) is 20.0 Å². The molecular formula is C19H20BrN3O2. The number of esters is 1. The predicted octanol–water partition coefficient (Wildman–Crippen LogP) is 3.95. The number of allylic oxidation sites excluding steroid dienone is 3. The molecule has 1 aromatic rings. The molecule has 0 bridgehead atoms. The zero-order chi connectivity index (χ0) is 18.0. The average Bonchev–Trinajstić information content (AvgIpc) is 3.43. The van der Waals surface area contributed by atoms with Gasteiger partial charge in [0.25, 0.3) is 0 Å². The molecule has 1 fully saturated rings. The number of dihydropyridines is 1. The summed E-state index contributed by atoms with van der Waals surface area (Å²) in [5.41, 5.74) is 3.55. The largest absolute Gasteiger partial charge is 0.466 e. The van der Waals surface area contributed by atoms with E-state index in [-0.39, 0.29) is 0 Å². The molecule has 1 aliphatic heterocycles. The van der Waals surface area contributed by atoms with Gasteiger partial charge in [0.05, 0.1) is 30.2 Å². The first-order chi connectivity index (χ1) is 12.1. The van der Waals surface area contributed by atoms with E-state index in [4.69, 9.17) is 4.74 Å². The molecule has 1 N–H and O–H groups in total. The molecule has 2 aliphatic rings. The fourth-order valence-corrected chi connectivity index (χ4v) is 3.76. The topological polar surface area (TPSA) is 75.0 Å². The summed E-state index contributed by atoms with van der Waals surface area (Å²) < 4.78 is 5.83. The van der Waals surface area contributed by atoms with Crippen LogP contribution < -0.4 is 5.32 Å². The van der Waals surface area contributed by atoms with Crippen molar-refractivity contribution >= 4 is 21.9 Å². The summed E-state index contributed by atoms with van der Waals surface area (Å²) in [6.45, 7) is 1.88. The zero-order valence-corrected chi connectivity index (χ0v) is 15.9. The van der Waals surface area contributed by atoms with Crippen molar-refractivity contribution in [1.82, 2.24) is 10.3 Å². The van der Waals surface area contributed by atoms with E-state index in [0.717, 1.165) is 40.2 Å². The third-order valence-electron chi connectivity index (χ3n) is 4.78. The lowest BCUT2D eigenvalue weighted by atomic mass is 9.80. The molecule has 0 amide bonds. The number of nitrogens with zero attached hydrogens (tertiary/aromatic N) is 2. The van der Waals surface area contributed by atoms with E-state index in [1.807, 2.05) is 13.0 Å². The van der Waals surface area contributed by atoms with Gasteiger partial charge in [0.1, 0.15) is 0 Å². The van der Waals surface area contributed by atoms with E-state index < -0.39 is 11.9 Å². The molecule has 0 spiro atoms. The van der Waals surface area contributed by atoms with Gasteiger partial charge in [0, 0.05) is 28.3 Å². The maximum Gasteiger partial charge on any atom is 0.336 e. The monoisotopic (exact) mass is 401 g/mol. The fraction of sp³-hybridized carbons (Fsp3) is 0.421. The Balaban J connectivity index is 2.11. The minimum atomic E-state index is -0.453. The Labute approximate surface area is 155 Å². The van der Waals surface area contributed by atoms with Crippen molar-refractivity contribution in [1.29, 1.82) is 5.26 Å². The van der Waals surface area contributed by atoms with Gasteiger partial charge in [-0.25, -0.2) is 4.79 Å². The minimum Gasteiger partial charge on any atom is -0.466 e. The van der Waals surface area contributed by atoms with Crippen LogP contribution in [0.15, 0.2) is 45.5 Å². The number of methoxy groups -OCH3 is 1. The number of halogens is 1. The van der Waals surface area contributed by atoms with E-state index in [9.17, 15) is 10.1 Å². The first kappa shape index (κ1) is 17.7. The second-order valence-corrected chi connectivity index (χ2v) is 7.33. The standard InChI is InChI=1S/C19H20BrN3O2/c1-11-14(9-21)17(13-7-8-22-10-15(13)20)18(19(24)25-2)16(23-11)6-5-12-3-4-12/h7-8,10,12,17,23H,3-6H2,1-2H3. The Kier molecular flexibility index (Phi) is 5.24. The number of hydrogen-bond donors (Lipinski definition) is 1. The highest BCUT2D eigenvalue weighted by molar-refractivity contribution is 9.10. The number of nitriles is 1. The highest BCUT2D eigenvalue weighted by Crippen LogP contribution is 2.43. The second kappa shape index (κ2) is 7.40. The van der Waals surface area contributed by atoms with Crippen LogP contribution in [0.1, 0.15) is 44.1 Å². The molecule has 0 saturated heterocycles. The number of pyridine rings is 1. The Morgan fingerprint density at radius 2 is 2.28 bits per heavy atom. The number of carbonyl (C=O) groups is 1. The molecule has 5 nitrogen and oxygen atoms in total. The van der Waals surface area contributed by atoms with E-state index in [0.29, 0.717) is 11.1 Å². The molecule has 6 heteroatoms. The first-order valence-corrected chi connectivity index (χ1v) is 9.14. The molecule has 3 rings (SSSR count). The Bertz CT molecular complexity index is 803. The third kappa shape index (κ3) is 3.62. The number of nitrogens with one attached hydrogen (secondary N) is 1. The minimum absolute atomic E-state index is 0.396. The molecule has 2 heterocycles. The maximum atomic E-state index is 12.6. The molecule has 1 aromatic heterocycles. The van der Waals surface area contributed by atoms with Crippen molar-refractivity contribution in [2.45, 2.75) is 38.5 Å². The van der Waals surface area contributed by atoms with Crippen molar-refractivity contribution in [2.24, 2.45) is 5.92 Å². The van der Waals surface area contributed by atoms with Gasteiger partial charge in [-0.2, -0.15) is 5.26 Å². The lowest BCUT2D eigenvalue weighted by molar-refractivity contribution is -0.136.